The Morgan fingerprint density at radius 2 is 2.64 bits per heavy atom. The number of hydrazine groups is 2. The summed E-state index contributed by atoms with van der Waals surface area (Å²) in [6, 6.07) is 0. The summed E-state index contributed by atoms with van der Waals surface area (Å²) in [4.78, 5) is 10.8. The summed E-state index contributed by atoms with van der Waals surface area (Å²) in [6.45, 7) is 2.32. The molecule has 0 saturated carbocycles. The predicted molar refractivity (Wildman–Crippen MR) is 38.1 cm³/mol. The van der Waals surface area contributed by atoms with Crippen LogP contribution in [0.3, 0.4) is 0 Å². The third-order valence-electron chi connectivity index (χ3n) is 1.06. The van der Waals surface area contributed by atoms with E-state index in [1.165, 1.54) is 11.3 Å². The van der Waals surface area contributed by atoms with Crippen LogP contribution in [-0.2, 0) is 9.53 Å². The Morgan fingerprint density at radius 3 is 3.18 bits per heavy atom. The second-order valence-corrected chi connectivity index (χ2v) is 1.90. The average Bonchev–Trinajstić information content (AvgIpc) is 2.40. The van der Waals surface area contributed by atoms with Crippen molar-refractivity contribution in [3.8, 4) is 0 Å². The molecule has 62 valence electrons. The summed E-state index contributed by atoms with van der Waals surface area (Å²) in [5, 5.41) is 5.09. The molecule has 6 heteroatoms. The molecule has 1 aliphatic heterocycles. The molecular formula is C5H10N4O2. The fourth-order valence-corrected chi connectivity index (χ4v) is 0.647. The normalized spacial score (nSPS) is 14.8. The van der Waals surface area contributed by atoms with Crippen molar-refractivity contribution >= 4 is 12.3 Å². The summed E-state index contributed by atoms with van der Waals surface area (Å²) in [6.07, 6.45) is 1.47. The van der Waals surface area contributed by atoms with Gasteiger partial charge in [0.1, 0.15) is 12.9 Å². The van der Waals surface area contributed by atoms with Gasteiger partial charge in [0.25, 0.3) is 0 Å². The molecule has 6 nitrogen and oxygen atoms in total. The standard InChI is InChI=1S/C5H10N4O2/c1-2-11-5(10)3-9-4-6-7-8-9/h4,7-8H,2-3H2,1H3. The van der Waals surface area contributed by atoms with Gasteiger partial charge in [0.2, 0.25) is 0 Å². The summed E-state index contributed by atoms with van der Waals surface area (Å²) in [5.74, 6) is -0.282. The topological polar surface area (TPSA) is 66.0 Å². The number of hydrogen-bond acceptors (Lipinski definition) is 6. The highest BCUT2D eigenvalue weighted by Crippen LogP contribution is 1.84. The molecular weight excluding hydrogens is 148 g/mol. The van der Waals surface area contributed by atoms with Gasteiger partial charge in [0, 0.05) is 0 Å². The van der Waals surface area contributed by atoms with Crippen molar-refractivity contribution in [3.05, 3.63) is 0 Å². The minimum atomic E-state index is -0.282. The Labute approximate surface area is 64.1 Å². The van der Waals surface area contributed by atoms with Gasteiger partial charge in [-0.3, -0.25) is 9.80 Å². The molecule has 0 aromatic rings. The Kier molecular flexibility index (Phi) is 2.67. The highest BCUT2D eigenvalue weighted by molar-refractivity contribution is 5.74. The van der Waals surface area contributed by atoms with Crippen LogP contribution in [0.5, 0.6) is 0 Å². The third kappa shape index (κ3) is 2.42. The smallest absolute Gasteiger partial charge is 0.327 e. The van der Waals surface area contributed by atoms with Crippen molar-refractivity contribution in [2.24, 2.45) is 5.10 Å². The van der Waals surface area contributed by atoms with Crippen LogP contribution in [-0.4, -0.2) is 30.5 Å². The summed E-state index contributed by atoms with van der Waals surface area (Å²) >= 11 is 0. The zero-order chi connectivity index (χ0) is 8.10. The number of esters is 1. The van der Waals surface area contributed by atoms with Gasteiger partial charge in [-0.15, -0.1) is 5.53 Å². The van der Waals surface area contributed by atoms with E-state index in [4.69, 9.17) is 4.74 Å². The van der Waals surface area contributed by atoms with E-state index in [-0.39, 0.29) is 12.5 Å². The number of nitrogens with zero attached hydrogens (tertiary/aromatic N) is 2. The molecule has 0 fully saturated rings. The minimum Gasteiger partial charge on any atom is -0.465 e. The highest BCUT2D eigenvalue weighted by atomic mass is 16.5. The predicted octanol–water partition coefficient (Wildman–Crippen LogP) is -1.18. The first kappa shape index (κ1) is 7.80. The first-order valence-electron chi connectivity index (χ1n) is 3.29. The highest BCUT2D eigenvalue weighted by Gasteiger charge is 2.09. The summed E-state index contributed by atoms with van der Waals surface area (Å²) in [5.41, 5.74) is 5.06. The van der Waals surface area contributed by atoms with E-state index in [0.717, 1.165) is 0 Å². The quantitative estimate of drug-likeness (QED) is 0.506. The van der Waals surface area contributed by atoms with Crippen molar-refractivity contribution in [3.63, 3.8) is 0 Å². The van der Waals surface area contributed by atoms with Crippen LogP contribution < -0.4 is 11.1 Å². The maximum atomic E-state index is 10.8. The largest absolute Gasteiger partial charge is 0.465 e. The summed E-state index contributed by atoms with van der Waals surface area (Å²) in [7, 11) is 0. The Bertz CT molecular complexity index is 170. The van der Waals surface area contributed by atoms with Crippen LogP contribution in [0.15, 0.2) is 5.10 Å². The van der Waals surface area contributed by atoms with Crippen molar-refractivity contribution in [1.82, 2.24) is 16.1 Å². The van der Waals surface area contributed by atoms with Crippen LogP contribution in [0, 0.1) is 0 Å². The van der Waals surface area contributed by atoms with Crippen LogP contribution >= 0.6 is 0 Å². The molecule has 0 bridgehead atoms. The van der Waals surface area contributed by atoms with Gasteiger partial charge in [-0.05, 0) is 6.92 Å². The molecule has 1 rings (SSSR count). The lowest BCUT2D eigenvalue weighted by atomic mass is 10.6. The fourth-order valence-electron chi connectivity index (χ4n) is 0.647. The van der Waals surface area contributed by atoms with Crippen molar-refractivity contribution in [1.29, 1.82) is 0 Å². The van der Waals surface area contributed by atoms with Crippen LogP contribution in [0.4, 0.5) is 0 Å². The lowest BCUT2D eigenvalue weighted by Crippen LogP contribution is -2.40. The molecule has 0 amide bonds. The number of carbonyl (C=O) groups is 1. The molecule has 0 radical (unpaired) electrons. The molecule has 0 aliphatic carbocycles. The Morgan fingerprint density at radius 1 is 1.82 bits per heavy atom. The van der Waals surface area contributed by atoms with Crippen molar-refractivity contribution in [2.45, 2.75) is 6.92 Å². The zero-order valence-corrected chi connectivity index (χ0v) is 6.20. The number of rotatable bonds is 3. The van der Waals surface area contributed by atoms with E-state index in [0.29, 0.717) is 6.61 Å². The van der Waals surface area contributed by atoms with Gasteiger partial charge >= 0.3 is 5.97 Å². The lowest BCUT2D eigenvalue weighted by molar-refractivity contribution is -0.143. The SMILES string of the molecule is CCOC(=O)CN1C=NNN1. The van der Waals surface area contributed by atoms with Crippen LogP contribution in [0.2, 0.25) is 0 Å². The molecule has 0 aromatic heterocycles. The average molecular weight is 158 g/mol. The van der Waals surface area contributed by atoms with E-state index >= 15 is 0 Å². The van der Waals surface area contributed by atoms with E-state index in [1.54, 1.807) is 6.92 Å². The second-order valence-electron chi connectivity index (χ2n) is 1.90. The maximum absolute atomic E-state index is 10.8. The molecule has 1 aliphatic rings. The Hall–Kier alpha value is -1.30. The van der Waals surface area contributed by atoms with Crippen LogP contribution in [0.25, 0.3) is 0 Å². The second kappa shape index (κ2) is 3.77. The van der Waals surface area contributed by atoms with Gasteiger partial charge in [0.15, 0.2) is 0 Å². The van der Waals surface area contributed by atoms with E-state index in [1.807, 2.05) is 0 Å². The van der Waals surface area contributed by atoms with Crippen molar-refractivity contribution < 1.29 is 9.53 Å². The number of hydrogen-bond donors (Lipinski definition) is 2. The minimum absolute atomic E-state index is 0.157. The molecule has 0 aromatic carbocycles. The molecule has 11 heavy (non-hydrogen) atoms. The van der Waals surface area contributed by atoms with Gasteiger partial charge in [0.05, 0.1) is 6.61 Å². The van der Waals surface area contributed by atoms with Gasteiger partial charge in [-0.2, -0.15) is 5.10 Å². The maximum Gasteiger partial charge on any atom is 0.327 e. The summed E-state index contributed by atoms with van der Waals surface area (Å²) < 4.78 is 4.69. The number of nitrogens with one attached hydrogen (secondary N) is 2. The molecule has 0 unspecified atom stereocenters. The number of carbonyl (C=O) groups excluding carboxylic acids is 1. The van der Waals surface area contributed by atoms with Crippen molar-refractivity contribution in [2.75, 3.05) is 13.2 Å². The number of ether oxygens (including phenoxy) is 1. The zero-order valence-electron chi connectivity index (χ0n) is 6.20. The third-order valence-corrected chi connectivity index (χ3v) is 1.06. The van der Waals surface area contributed by atoms with Crippen LogP contribution in [0.1, 0.15) is 6.92 Å². The van der Waals surface area contributed by atoms with E-state index < -0.39 is 0 Å². The fraction of sp³-hybridized carbons (Fsp3) is 0.600. The van der Waals surface area contributed by atoms with Gasteiger partial charge in [-0.25, -0.2) is 5.53 Å². The molecule has 0 saturated heterocycles. The monoisotopic (exact) mass is 158 g/mol. The number of hydrazone groups is 1. The van der Waals surface area contributed by atoms with Gasteiger partial charge < -0.3 is 4.74 Å². The lowest BCUT2D eigenvalue weighted by Gasteiger charge is -2.11. The molecule has 0 atom stereocenters. The molecule has 2 N–H and O–H groups in total. The molecule has 1 heterocycles. The van der Waals surface area contributed by atoms with E-state index in [2.05, 4.69) is 16.2 Å². The first-order valence-corrected chi connectivity index (χ1v) is 3.29. The van der Waals surface area contributed by atoms with E-state index in [9.17, 15) is 4.79 Å². The molecule has 0 spiro atoms. The van der Waals surface area contributed by atoms with Gasteiger partial charge in [-0.1, -0.05) is 0 Å². The first-order chi connectivity index (χ1) is 5.33. The Balaban J connectivity index is 2.19.